The SMILES string of the molecule is CCC(C)OC(=O)N1C(C)C[C@@H](Oc2ccn(-c3ccc(S(C)(=O)=O)cc3)c(=O)c2)C[C@H]1CC. The number of pyridine rings is 1. The van der Waals surface area contributed by atoms with E-state index in [9.17, 15) is 18.0 Å². The summed E-state index contributed by atoms with van der Waals surface area (Å²) in [5, 5.41) is 0. The van der Waals surface area contributed by atoms with Crippen LogP contribution in [-0.4, -0.2) is 54.5 Å². The maximum absolute atomic E-state index is 12.7. The van der Waals surface area contributed by atoms with Crippen molar-refractivity contribution < 1.29 is 22.7 Å². The van der Waals surface area contributed by atoms with Gasteiger partial charge < -0.3 is 14.4 Å². The average molecular weight is 491 g/mol. The van der Waals surface area contributed by atoms with Crippen molar-refractivity contribution in [2.45, 2.75) is 82.6 Å². The van der Waals surface area contributed by atoms with Crippen molar-refractivity contribution in [3.05, 3.63) is 52.9 Å². The number of rotatable bonds is 7. The Morgan fingerprint density at radius 1 is 1.15 bits per heavy atom. The Bertz CT molecular complexity index is 1160. The predicted molar refractivity (Wildman–Crippen MR) is 130 cm³/mol. The van der Waals surface area contributed by atoms with E-state index in [-0.39, 0.29) is 40.8 Å². The number of aromatic nitrogens is 1. The lowest BCUT2D eigenvalue weighted by Gasteiger charge is -2.43. The lowest BCUT2D eigenvalue weighted by Crippen LogP contribution is -2.53. The van der Waals surface area contributed by atoms with E-state index in [2.05, 4.69) is 0 Å². The Balaban J connectivity index is 1.71. The first-order valence-electron chi connectivity index (χ1n) is 11.7. The van der Waals surface area contributed by atoms with Crippen LogP contribution in [0.2, 0.25) is 0 Å². The average Bonchev–Trinajstić information content (AvgIpc) is 2.78. The van der Waals surface area contributed by atoms with Gasteiger partial charge in [-0.1, -0.05) is 13.8 Å². The highest BCUT2D eigenvalue weighted by atomic mass is 32.2. The summed E-state index contributed by atoms with van der Waals surface area (Å²) in [5.74, 6) is 0.469. The van der Waals surface area contributed by atoms with Crippen LogP contribution in [0.1, 0.15) is 53.4 Å². The maximum Gasteiger partial charge on any atom is 0.410 e. The number of carbonyl (C=O) groups is 1. The second-order valence-corrected chi connectivity index (χ2v) is 11.0. The molecule has 9 heteroatoms. The molecule has 2 heterocycles. The zero-order valence-corrected chi connectivity index (χ0v) is 21.2. The van der Waals surface area contributed by atoms with Gasteiger partial charge in [-0.25, -0.2) is 13.2 Å². The van der Waals surface area contributed by atoms with E-state index in [1.54, 1.807) is 24.4 Å². The van der Waals surface area contributed by atoms with Crippen molar-refractivity contribution in [2.24, 2.45) is 0 Å². The first-order chi connectivity index (χ1) is 16.0. The summed E-state index contributed by atoms with van der Waals surface area (Å²) in [5.41, 5.74) is 0.288. The van der Waals surface area contributed by atoms with Crippen molar-refractivity contribution in [3.63, 3.8) is 0 Å². The van der Waals surface area contributed by atoms with E-state index in [1.807, 2.05) is 32.6 Å². The van der Waals surface area contributed by atoms with Gasteiger partial charge in [0.2, 0.25) is 0 Å². The van der Waals surface area contributed by atoms with Gasteiger partial charge in [-0.2, -0.15) is 0 Å². The van der Waals surface area contributed by atoms with Crippen molar-refractivity contribution in [1.29, 1.82) is 0 Å². The van der Waals surface area contributed by atoms with Crippen LogP contribution in [0.5, 0.6) is 5.75 Å². The Hall–Kier alpha value is -2.81. The van der Waals surface area contributed by atoms with Gasteiger partial charge in [-0.05, 0) is 57.0 Å². The van der Waals surface area contributed by atoms with E-state index in [1.165, 1.54) is 22.8 Å². The Labute approximate surface area is 201 Å². The molecule has 1 aromatic heterocycles. The normalized spacial score (nSPS) is 21.7. The number of amides is 1. The number of piperidine rings is 1. The van der Waals surface area contributed by atoms with Gasteiger partial charge in [-0.3, -0.25) is 9.36 Å². The molecule has 0 spiro atoms. The lowest BCUT2D eigenvalue weighted by atomic mass is 9.92. The zero-order valence-electron chi connectivity index (χ0n) is 20.4. The van der Waals surface area contributed by atoms with Gasteiger partial charge in [-0.15, -0.1) is 0 Å². The fraction of sp³-hybridized carbons (Fsp3) is 0.520. The highest BCUT2D eigenvalue weighted by Gasteiger charge is 2.37. The number of benzene rings is 1. The van der Waals surface area contributed by atoms with E-state index < -0.39 is 9.84 Å². The molecule has 0 bridgehead atoms. The van der Waals surface area contributed by atoms with Crippen LogP contribution in [0.15, 0.2) is 52.3 Å². The summed E-state index contributed by atoms with van der Waals surface area (Å²) < 4.78 is 36.5. The van der Waals surface area contributed by atoms with Crippen molar-refractivity contribution in [1.82, 2.24) is 9.47 Å². The molecule has 4 atom stereocenters. The van der Waals surface area contributed by atoms with E-state index in [0.717, 1.165) is 19.1 Å². The zero-order chi connectivity index (χ0) is 25.0. The minimum Gasteiger partial charge on any atom is -0.490 e. The molecule has 3 rings (SSSR count). The Morgan fingerprint density at radius 3 is 2.38 bits per heavy atom. The number of hydrogen-bond acceptors (Lipinski definition) is 6. The molecule has 1 fully saturated rings. The molecular formula is C25H34N2O6S. The van der Waals surface area contributed by atoms with E-state index in [0.29, 0.717) is 24.3 Å². The van der Waals surface area contributed by atoms with Crippen LogP contribution in [0, 0.1) is 0 Å². The molecule has 0 saturated carbocycles. The molecule has 34 heavy (non-hydrogen) atoms. The van der Waals surface area contributed by atoms with Crippen molar-refractivity contribution in [2.75, 3.05) is 6.26 Å². The Morgan fingerprint density at radius 2 is 1.82 bits per heavy atom. The van der Waals surface area contributed by atoms with Gasteiger partial charge >= 0.3 is 6.09 Å². The third-order valence-corrected chi connectivity index (χ3v) is 7.43. The van der Waals surface area contributed by atoms with Gasteiger partial charge in [0.1, 0.15) is 18.0 Å². The van der Waals surface area contributed by atoms with Crippen LogP contribution in [0.3, 0.4) is 0 Å². The molecular weight excluding hydrogens is 456 g/mol. The molecule has 1 aromatic carbocycles. The summed E-state index contributed by atoms with van der Waals surface area (Å²) in [4.78, 5) is 27.4. The lowest BCUT2D eigenvalue weighted by molar-refractivity contribution is -0.00219. The van der Waals surface area contributed by atoms with Crippen molar-refractivity contribution >= 4 is 15.9 Å². The predicted octanol–water partition coefficient (Wildman–Crippen LogP) is 4.19. The van der Waals surface area contributed by atoms with Crippen molar-refractivity contribution in [3.8, 4) is 11.4 Å². The number of sulfone groups is 1. The van der Waals surface area contributed by atoms with E-state index in [4.69, 9.17) is 9.47 Å². The molecule has 1 aliphatic rings. The van der Waals surface area contributed by atoms with Crippen LogP contribution < -0.4 is 10.3 Å². The first-order valence-corrected chi connectivity index (χ1v) is 13.6. The summed E-state index contributed by atoms with van der Waals surface area (Å²) in [6.07, 6.45) is 5.08. The highest BCUT2D eigenvalue weighted by Crippen LogP contribution is 2.29. The molecule has 1 saturated heterocycles. The van der Waals surface area contributed by atoms with Gasteiger partial charge in [0.25, 0.3) is 5.56 Å². The molecule has 0 N–H and O–H groups in total. The Kier molecular flexibility index (Phi) is 8.07. The van der Waals surface area contributed by atoms with Crippen LogP contribution in [0.25, 0.3) is 5.69 Å². The third kappa shape index (κ3) is 6.00. The van der Waals surface area contributed by atoms with Gasteiger partial charge in [0.15, 0.2) is 9.84 Å². The molecule has 0 radical (unpaired) electrons. The molecule has 2 unspecified atom stereocenters. The van der Waals surface area contributed by atoms with Crippen LogP contribution in [0.4, 0.5) is 4.79 Å². The van der Waals surface area contributed by atoms with Crippen LogP contribution >= 0.6 is 0 Å². The molecule has 186 valence electrons. The highest BCUT2D eigenvalue weighted by molar-refractivity contribution is 7.90. The summed E-state index contributed by atoms with van der Waals surface area (Å²) in [6.45, 7) is 7.91. The molecule has 0 aliphatic carbocycles. The standard InChI is InChI=1S/C25H34N2O6S/c1-6-18(4)32-25(29)27-17(3)14-22(15-19(27)7-2)33-21-12-13-26(24(28)16-21)20-8-10-23(11-9-20)34(5,30)31/h8-13,16-19,22H,6-7,14-15H2,1-5H3/t17?,18?,19-,22-/m1/s1. The summed E-state index contributed by atoms with van der Waals surface area (Å²) in [7, 11) is -3.30. The fourth-order valence-corrected chi connectivity index (χ4v) is 4.90. The number of nitrogens with zero attached hydrogens (tertiary/aromatic N) is 2. The summed E-state index contributed by atoms with van der Waals surface area (Å²) >= 11 is 0. The molecule has 8 nitrogen and oxygen atoms in total. The monoisotopic (exact) mass is 490 g/mol. The topological polar surface area (TPSA) is 94.9 Å². The van der Waals surface area contributed by atoms with E-state index >= 15 is 0 Å². The minimum atomic E-state index is -3.30. The van der Waals surface area contributed by atoms with Crippen LogP contribution in [-0.2, 0) is 14.6 Å². The molecule has 1 amide bonds. The first kappa shape index (κ1) is 25.8. The number of carbonyl (C=O) groups excluding carboxylic acids is 1. The van der Waals surface area contributed by atoms with Gasteiger partial charge in [0, 0.05) is 49.1 Å². The second kappa shape index (κ2) is 10.6. The molecule has 2 aromatic rings. The number of ether oxygens (including phenoxy) is 2. The minimum absolute atomic E-state index is 0.000893. The third-order valence-electron chi connectivity index (χ3n) is 6.30. The largest absolute Gasteiger partial charge is 0.490 e. The summed E-state index contributed by atoms with van der Waals surface area (Å²) in [6, 6.07) is 9.26. The number of hydrogen-bond donors (Lipinski definition) is 0. The molecule has 1 aliphatic heterocycles. The fourth-order valence-electron chi connectivity index (χ4n) is 4.27. The maximum atomic E-state index is 12.7. The quantitative estimate of drug-likeness (QED) is 0.578. The smallest absolute Gasteiger partial charge is 0.410 e. The number of likely N-dealkylation sites (tertiary alicyclic amines) is 1. The second-order valence-electron chi connectivity index (χ2n) is 8.97. The van der Waals surface area contributed by atoms with Gasteiger partial charge in [0.05, 0.1) is 4.90 Å².